The van der Waals surface area contributed by atoms with E-state index in [0.29, 0.717) is 11.8 Å². The Morgan fingerprint density at radius 2 is 2.00 bits per heavy atom. The Bertz CT molecular complexity index is 574. The van der Waals surface area contributed by atoms with Crippen molar-refractivity contribution in [2.45, 2.75) is 71.3 Å². The number of hydrazine groups is 1. The lowest BCUT2D eigenvalue weighted by molar-refractivity contribution is -0.131. The summed E-state index contributed by atoms with van der Waals surface area (Å²) in [5, 5.41) is 10.1. The van der Waals surface area contributed by atoms with Crippen LogP contribution in [0.1, 0.15) is 65.2 Å². The lowest BCUT2D eigenvalue weighted by Gasteiger charge is -2.57. The van der Waals surface area contributed by atoms with Crippen LogP contribution in [0, 0.1) is 34.5 Å². The van der Waals surface area contributed by atoms with E-state index in [1.54, 1.807) is 0 Å². The minimum absolute atomic E-state index is 0.0393. The average Bonchev–Trinajstić information content (AvgIpc) is 2.92. The van der Waals surface area contributed by atoms with Crippen molar-refractivity contribution < 1.29 is 9.90 Å². The molecule has 4 nitrogen and oxygen atoms in total. The van der Waals surface area contributed by atoms with Crippen LogP contribution in [0.15, 0.2) is 11.6 Å². The van der Waals surface area contributed by atoms with Gasteiger partial charge in [-0.2, -0.15) is 0 Å². The van der Waals surface area contributed by atoms with Gasteiger partial charge in [0.15, 0.2) is 0 Å². The third-order valence-corrected chi connectivity index (χ3v) is 8.54. The van der Waals surface area contributed by atoms with Crippen molar-refractivity contribution in [1.82, 2.24) is 5.43 Å². The number of carbonyl (C=O) groups excluding carboxylic acids is 1. The Labute approximate surface area is 145 Å². The summed E-state index contributed by atoms with van der Waals surface area (Å²) in [6.07, 6.45) is 10.9. The van der Waals surface area contributed by atoms with E-state index in [-0.39, 0.29) is 28.8 Å². The lowest BCUT2D eigenvalue weighted by Crippen LogP contribution is -2.52. The maximum absolute atomic E-state index is 12.3. The molecule has 0 aliphatic heterocycles. The number of hydrogen-bond acceptors (Lipinski definition) is 3. The van der Waals surface area contributed by atoms with Crippen molar-refractivity contribution >= 4 is 5.91 Å². The highest BCUT2D eigenvalue weighted by Gasteiger charge is 2.59. The van der Waals surface area contributed by atoms with E-state index in [4.69, 9.17) is 5.84 Å². The van der Waals surface area contributed by atoms with E-state index in [0.717, 1.165) is 50.9 Å². The minimum Gasteiger partial charge on any atom is -0.393 e. The van der Waals surface area contributed by atoms with Crippen LogP contribution in [0.4, 0.5) is 0 Å². The third kappa shape index (κ3) is 2.15. The number of nitrogens with two attached hydrogens (primary N) is 1. The Balaban J connectivity index is 1.64. The first-order chi connectivity index (χ1) is 11.4. The molecule has 7 atom stereocenters. The Morgan fingerprint density at radius 1 is 1.21 bits per heavy atom. The summed E-state index contributed by atoms with van der Waals surface area (Å²) >= 11 is 0. The standard InChI is InChI=1S/C20H32N2O2/c1-19-9-7-13(23)11-12(19)3-4-14-15-5-6-17(18(24)22-21)20(15,2)10-8-16(14)19/h3,13-17,23H,4-11,21H2,1-2H3,(H,22,24)/t13-,14+,15+,16+,17-,19-,20-/m0/s1. The molecule has 4 N–H and O–H groups in total. The van der Waals surface area contributed by atoms with Gasteiger partial charge in [-0.15, -0.1) is 0 Å². The van der Waals surface area contributed by atoms with Gasteiger partial charge >= 0.3 is 0 Å². The fourth-order valence-electron chi connectivity index (χ4n) is 7.17. The molecule has 4 rings (SSSR count). The highest BCUT2D eigenvalue weighted by Crippen LogP contribution is 2.66. The molecule has 134 valence electrons. The first-order valence-corrected chi connectivity index (χ1v) is 9.78. The van der Waals surface area contributed by atoms with E-state index in [9.17, 15) is 9.90 Å². The molecule has 0 heterocycles. The minimum atomic E-state index is -0.140. The van der Waals surface area contributed by atoms with Crippen molar-refractivity contribution in [2.75, 3.05) is 0 Å². The summed E-state index contributed by atoms with van der Waals surface area (Å²) in [5.74, 6) is 7.64. The molecule has 0 saturated heterocycles. The number of amides is 1. The molecule has 0 aromatic heterocycles. The predicted molar refractivity (Wildman–Crippen MR) is 93.5 cm³/mol. The summed E-state index contributed by atoms with van der Waals surface area (Å²) < 4.78 is 0. The van der Waals surface area contributed by atoms with Crippen LogP contribution in [-0.4, -0.2) is 17.1 Å². The molecule has 0 radical (unpaired) electrons. The molecule has 4 heteroatoms. The fourth-order valence-corrected chi connectivity index (χ4v) is 7.17. The molecule has 24 heavy (non-hydrogen) atoms. The number of hydrogen-bond donors (Lipinski definition) is 3. The van der Waals surface area contributed by atoms with Gasteiger partial charge in [-0.05, 0) is 80.0 Å². The number of aliphatic hydroxyl groups is 1. The normalized spacial score (nSPS) is 50.3. The monoisotopic (exact) mass is 332 g/mol. The van der Waals surface area contributed by atoms with Gasteiger partial charge in [-0.1, -0.05) is 25.5 Å². The second-order valence-electron chi connectivity index (χ2n) is 9.34. The molecular weight excluding hydrogens is 300 g/mol. The highest BCUT2D eigenvalue weighted by atomic mass is 16.3. The summed E-state index contributed by atoms with van der Waals surface area (Å²) in [6.45, 7) is 4.79. The van der Waals surface area contributed by atoms with Crippen LogP contribution in [0.5, 0.6) is 0 Å². The van der Waals surface area contributed by atoms with Crippen LogP contribution in [0.25, 0.3) is 0 Å². The molecule has 0 unspecified atom stereocenters. The molecule has 4 aliphatic rings. The second kappa shape index (κ2) is 5.57. The molecule has 0 aromatic rings. The van der Waals surface area contributed by atoms with Crippen LogP contribution < -0.4 is 11.3 Å². The average molecular weight is 332 g/mol. The Kier molecular flexibility index (Phi) is 3.85. The van der Waals surface area contributed by atoms with Gasteiger partial charge in [-0.25, -0.2) is 5.84 Å². The lowest BCUT2D eigenvalue weighted by atomic mass is 9.47. The van der Waals surface area contributed by atoms with Gasteiger partial charge in [0.25, 0.3) is 0 Å². The summed E-state index contributed by atoms with van der Waals surface area (Å²) in [7, 11) is 0. The summed E-state index contributed by atoms with van der Waals surface area (Å²) in [5.41, 5.74) is 4.32. The van der Waals surface area contributed by atoms with Gasteiger partial charge in [0.1, 0.15) is 0 Å². The SMILES string of the molecule is C[C@]12CC[C@@H]3[C@H](CC=C4C[C@@H](O)CC[C@@]43C)[C@H]1CC[C@H]2C(=O)NN. The zero-order chi connectivity index (χ0) is 17.1. The van der Waals surface area contributed by atoms with Crippen molar-refractivity contribution in [1.29, 1.82) is 0 Å². The molecule has 4 aliphatic carbocycles. The van der Waals surface area contributed by atoms with Gasteiger partial charge < -0.3 is 5.11 Å². The van der Waals surface area contributed by atoms with Crippen LogP contribution >= 0.6 is 0 Å². The largest absolute Gasteiger partial charge is 0.393 e. The number of nitrogens with one attached hydrogen (secondary N) is 1. The zero-order valence-corrected chi connectivity index (χ0v) is 15.1. The Hall–Kier alpha value is -0.870. The van der Waals surface area contributed by atoms with Crippen molar-refractivity contribution in [2.24, 2.45) is 40.3 Å². The van der Waals surface area contributed by atoms with Crippen LogP contribution in [0.2, 0.25) is 0 Å². The van der Waals surface area contributed by atoms with Crippen molar-refractivity contribution in [3.8, 4) is 0 Å². The van der Waals surface area contributed by atoms with E-state index in [1.807, 2.05) is 0 Å². The zero-order valence-electron chi connectivity index (χ0n) is 15.1. The first-order valence-electron chi connectivity index (χ1n) is 9.78. The van der Waals surface area contributed by atoms with Crippen LogP contribution in [0.3, 0.4) is 0 Å². The van der Waals surface area contributed by atoms with Crippen molar-refractivity contribution in [3.05, 3.63) is 11.6 Å². The molecular formula is C20H32N2O2. The number of fused-ring (bicyclic) bond motifs is 5. The molecule has 3 fully saturated rings. The summed E-state index contributed by atoms with van der Waals surface area (Å²) in [4.78, 5) is 12.3. The quantitative estimate of drug-likeness (QED) is 0.299. The van der Waals surface area contributed by atoms with E-state index >= 15 is 0 Å². The maximum atomic E-state index is 12.3. The van der Waals surface area contributed by atoms with Gasteiger partial charge in [0, 0.05) is 5.92 Å². The predicted octanol–water partition coefficient (Wildman–Crippen LogP) is 2.92. The number of aliphatic hydroxyl groups excluding tert-OH is 1. The summed E-state index contributed by atoms with van der Waals surface area (Å²) in [6, 6.07) is 0. The second-order valence-corrected chi connectivity index (χ2v) is 9.34. The topological polar surface area (TPSA) is 75.3 Å². The van der Waals surface area contributed by atoms with Gasteiger partial charge in [-0.3, -0.25) is 10.2 Å². The highest BCUT2D eigenvalue weighted by molar-refractivity contribution is 5.79. The number of carbonyl (C=O) groups is 1. The fraction of sp³-hybridized carbons (Fsp3) is 0.850. The van der Waals surface area contributed by atoms with Gasteiger partial charge in [0.2, 0.25) is 5.91 Å². The van der Waals surface area contributed by atoms with E-state index in [2.05, 4.69) is 25.3 Å². The molecule has 1 amide bonds. The van der Waals surface area contributed by atoms with Gasteiger partial charge in [0.05, 0.1) is 6.10 Å². The smallest absolute Gasteiger partial charge is 0.237 e. The van der Waals surface area contributed by atoms with E-state index in [1.165, 1.54) is 12.0 Å². The maximum Gasteiger partial charge on any atom is 0.237 e. The molecule has 0 bridgehead atoms. The molecule has 3 saturated carbocycles. The third-order valence-electron chi connectivity index (χ3n) is 8.54. The van der Waals surface area contributed by atoms with E-state index < -0.39 is 0 Å². The number of rotatable bonds is 1. The first kappa shape index (κ1) is 16.6. The molecule has 0 spiro atoms. The number of allylic oxidation sites excluding steroid dienone is 1. The van der Waals surface area contributed by atoms with Crippen LogP contribution in [-0.2, 0) is 4.79 Å². The molecule has 0 aromatic carbocycles. The van der Waals surface area contributed by atoms with Crippen molar-refractivity contribution in [3.63, 3.8) is 0 Å². The Morgan fingerprint density at radius 3 is 2.75 bits per heavy atom.